The normalized spacial score (nSPS) is 23.2. The van der Waals surface area contributed by atoms with Crippen LogP contribution < -0.4 is 5.32 Å². The fourth-order valence-electron chi connectivity index (χ4n) is 1.75. The third-order valence-corrected chi connectivity index (χ3v) is 3.61. The van der Waals surface area contributed by atoms with Crippen LogP contribution in [0.15, 0.2) is 11.6 Å². The molecule has 1 aromatic rings. The summed E-state index contributed by atoms with van der Waals surface area (Å²) in [6.07, 6.45) is 4.16. The molecule has 1 aliphatic rings. The van der Waals surface area contributed by atoms with Gasteiger partial charge in [-0.25, -0.2) is 4.98 Å². The van der Waals surface area contributed by atoms with Gasteiger partial charge in [0.25, 0.3) is 0 Å². The topological polar surface area (TPSA) is 43.4 Å². The molecule has 1 fully saturated rings. The number of aromatic nitrogens is 1. The average Bonchev–Trinajstić information content (AvgIpc) is 2.85. The van der Waals surface area contributed by atoms with Crippen LogP contribution in [0.25, 0.3) is 0 Å². The number of hydrogen-bond donors (Lipinski definition) is 1. The molecule has 1 N–H and O–H groups in total. The first-order chi connectivity index (χ1) is 7.90. The summed E-state index contributed by atoms with van der Waals surface area (Å²) >= 11 is 1.70. The Kier molecular flexibility index (Phi) is 4.71. The van der Waals surface area contributed by atoms with Gasteiger partial charge in [-0.3, -0.25) is 0 Å². The summed E-state index contributed by atoms with van der Waals surface area (Å²) in [5.41, 5.74) is 0. The van der Waals surface area contributed by atoms with Crippen molar-refractivity contribution in [2.45, 2.75) is 31.9 Å². The van der Waals surface area contributed by atoms with Crippen molar-refractivity contribution in [3.63, 3.8) is 0 Å². The van der Waals surface area contributed by atoms with Crippen LogP contribution in [0, 0.1) is 0 Å². The second-order valence-corrected chi connectivity index (χ2v) is 4.77. The summed E-state index contributed by atoms with van der Waals surface area (Å²) in [5, 5.41) is 6.69. The summed E-state index contributed by atoms with van der Waals surface area (Å²) in [4.78, 5) is 4.34. The van der Waals surface area contributed by atoms with E-state index in [-0.39, 0.29) is 6.10 Å². The molecule has 4 nitrogen and oxygen atoms in total. The molecule has 1 aromatic heterocycles. The number of rotatable bonds is 5. The smallest absolute Gasteiger partial charge is 0.147 e. The predicted octanol–water partition coefficient (Wildman–Crippen LogP) is 1.95. The fourth-order valence-corrected chi connectivity index (χ4v) is 2.55. The Balaban J connectivity index is 1.78. The maximum Gasteiger partial charge on any atom is 0.147 e. The molecule has 0 radical (unpaired) electrons. The molecule has 2 atom stereocenters. The van der Waals surface area contributed by atoms with Gasteiger partial charge in [-0.1, -0.05) is 6.92 Å². The van der Waals surface area contributed by atoms with E-state index in [1.165, 1.54) is 0 Å². The summed E-state index contributed by atoms with van der Waals surface area (Å²) in [7, 11) is 0. The maximum atomic E-state index is 5.49. The summed E-state index contributed by atoms with van der Waals surface area (Å²) in [5.74, 6) is 0. The van der Waals surface area contributed by atoms with E-state index in [9.17, 15) is 0 Å². The highest BCUT2D eigenvalue weighted by atomic mass is 32.1. The van der Waals surface area contributed by atoms with Gasteiger partial charge in [-0.05, 0) is 12.8 Å². The molecule has 0 bridgehead atoms. The summed E-state index contributed by atoms with van der Waals surface area (Å²) < 4.78 is 10.6. The second-order valence-electron chi connectivity index (χ2n) is 3.84. The zero-order valence-electron chi connectivity index (χ0n) is 9.52. The highest BCUT2D eigenvalue weighted by Crippen LogP contribution is 2.19. The Morgan fingerprint density at radius 2 is 2.62 bits per heavy atom. The minimum Gasteiger partial charge on any atom is -0.355 e. The minimum atomic E-state index is 0.280. The first-order valence-electron chi connectivity index (χ1n) is 5.72. The third-order valence-electron chi connectivity index (χ3n) is 2.72. The Morgan fingerprint density at radius 1 is 1.69 bits per heavy atom. The molecule has 0 aromatic carbocycles. The van der Waals surface area contributed by atoms with Crippen LogP contribution in [0.5, 0.6) is 0 Å². The third kappa shape index (κ3) is 3.25. The standard InChI is InChI=1S/C11H18N2O2S/c1-2-10(11-12-4-6-16-11)13-7-9-3-5-14-8-15-9/h4,6,9-10,13H,2-3,5,7-8H2,1H3. The highest BCUT2D eigenvalue weighted by Gasteiger charge is 2.17. The van der Waals surface area contributed by atoms with Crippen molar-refractivity contribution in [3.05, 3.63) is 16.6 Å². The molecule has 0 amide bonds. The summed E-state index contributed by atoms with van der Waals surface area (Å²) in [6.45, 7) is 4.28. The van der Waals surface area contributed by atoms with Crippen LogP contribution >= 0.6 is 11.3 Å². The van der Waals surface area contributed by atoms with E-state index in [4.69, 9.17) is 9.47 Å². The van der Waals surface area contributed by atoms with Crippen molar-refractivity contribution in [2.75, 3.05) is 19.9 Å². The Hall–Kier alpha value is -0.490. The van der Waals surface area contributed by atoms with Crippen LogP contribution in [0.2, 0.25) is 0 Å². The van der Waals surface area contributed by atoms with Crippen molar-refractivity contribution in [1.29, 1.82) is 0 Å². The van der Waals surface area contributed by atoms with Gasteiger partial charge in [0.1, 0.15) is 11.8 Å². The number of nitrogens with zero attached hydrogens (tertiary/aromatic N) is 1. The van der Waals surface area contributed by atoms with Gasteiger partial charge in [0.05, 0.1) is 18.8 Å². The zero-order valence-corrected chi connectivity index (χ0v) is 10.3. The van der Waals surface area contributed by atoms with E-state index in [0.29, 0.717) is 12.8 Å². The maximum absolute atomic E-state index is 5.49. The van der Waals surface area contributed by atoms with Crippen molar-refractivity contribution >= 4 is 11.3 Å². The number of hydrogen-bond acceptors (Lipinski definition) is 5. The van der Waals surface area contributed by atoms with Crippen molar-refractivity contribution in [2.24, 2.45) is 0 Å². The van der Waals surface area contributed by atoms with Crippen LogP contribution in [-0.2, 0) is 9.47 Å². The molecule has 1 aliphatic heterocycles. The first-order valence-corrected chi connectivity index (χ1v) is 6.60. The van der Waals surface area contributed by atoms with Gasteiger partial charge in [-0.2, -0.15) is 0 Å². The van der Waals surface area contributed by atoms with Crippen LogP contribution in [0.1, 0.15) is 30.8 Å². The van der Waals surface area contributed by atoms with E-state index >= 15 is 0 Å². The molecular weight excluding hydrogens is 224 g/mol. The molecule has 0 aliphatic carbocycles. The van der Waals surface area contributed by atoms with E-state index in [1.807, 2.05) is 11.6 Å². The molecule has 0 spiro atoms. The fraction of sp³-hybridized carbons (Fsp3) is 0.727. The van der Waals surface area contributed by atoms with Crippen LogP contribution in [0.4, 0.5) is 0 Å². The van der Waals surface area contributed by atoms with Crippen LogP contribution in [0.3, 0.4) is 0 Å². The van der Waals surface area contributed by atoms with E-state index in [2.05, 4.69) is 17.2 Å². The number of ether oxygens (including phenoxy) is 2. The Bertz CT molecular complexity index is 286. The highest BCUT2D eigenvalue weighted by molar-refractivity contribution is 7.09. The molecule has 90 valence electrons. The average molecular weight is 242 g/mol. The van der Waals surface area contributed by atoms with Crippen molar-refractivity contribution in [1.82, 2.24) is 10.3 Å². The molecular formula is C11H18N2O2S. The Morgan fingerprint density at radius 3 is 3.25 bits per heavy atom. The van der Waals surface area contributed by atoms with E-state index in [1.54, 1.807) is 11.3 Å². The van der Waals surface area contributed by atoms with Gasteiger partial charge in [0, 0.05) is 18.1 Å². The van der Waals surface area contributed by atoms with Gasteiger partial charge in [0.15, 0.2) is 0 Å². The monoisotopic (exact) mass is 242 g/mol. The number of thiazole rings is 1. The van der Waals surface area contributed by atoms with Gasteiger partial charge >= 0.3 is 0 Å². The molecule has 2 unspecified atom stereocenters. The molecule has 1 saturated heterocycles. The quantitative estimate of drug-likeness (QED) is 0.857. The molecule has 5 heteroatoms. The second kappa shape index (κ2) is 6.30. The van der Waals surface area contributed by atoms with E-state index < -0.39 is 0 Å². The molecule has 2 rings (SSSR count). The predicted molar refractivity (Wildman–Crippen MR) is 63.5 cm³/mol. The van der Waals surface area contributed by atoms with Gasteiger partial charge in [-0.15, -0.1) is 11.3 Å². The van der Waals surface area contributed by atoms with Crippen LogP contribution in [-0.4, -0.2) is 31.0 Å². The van der Waals surface area contributed by atoms with Gasteiger partial charge in [0.2, 0.25) is 0 Å². The lowest BCUT2D eigenvalue weighted by molar-refractivity contribution is -0.137. The van der Waals surface area contributed by atoms with Gasteiger partial charge < -0.3 is 14.8 Å². The Labute approximate surface area is 100.0 Å². The molecule has 0 saturated carbocycles. The lowest BCUT2D eigenvalue weighted by Gasteiger charge is -2.25. The lowest BCUT2D eigenvalue weighted by atomic mass is 10.2. The summed E-state index contributed by atoms with van der Waals surface area (Å²) in [6, 6.07) is 0.353. The molecule has 16 heavy (non-hydrogen) atoms. The first kappa shape index (κ1) is 12.0. The number of nitrogens with one attached hydrogen (secondary N) is 1. The largest absolute Gasteiger partial charge is 0.355 e. The SMILES string of the molecule is CCC(NCC1CCOCO1)c1nccs1. The minimum absolute atomic E-state index is 0.280. The molecule has 2 heterocycles. The lowest BCUT2D eigenvalue weighted by Crippen LogP contribution is -2.35. The van der Waals surface area contributed by atoms with Crippen molar-refractivity contribution < 1.29 is 9.47 Å². The zero-order chi connectivity index (χ0) is 11.2. The van der Waals surface area contributed by atoms with Crippen molar-refractivity contribution in [3.8, 4) is 0 Å². The van der Waals surface area contributed by atoms with E-state index in [0.717, 1.165) is 31.0 Å².